The number of hydrogen-bond acceptors (Lipinski definition) is 3. The first-order valence-corrected chi connectivity index (χ1v) is 7.07. The number of nitrogens with zero attached hydrogens (tertiary/aromatic N) is 1. The fourth-order valence-corrected chi connectivity index (χ4v) is 2.21. The molecule has 1 heterocycles. The van der Waals surface area contributed by atoms with E-state index >= 15 is 0 Å². The van der Waals surface area contributed by atoms with Gasteiger partial charge in [-0.25, -0.2) is 0 Å². The van der Waals surface area contributed by atoms with Crippen molar-refractivity contribution in [1.29, 1.82) is 0 Å². The van der Waals surface area contributed by atoms with Crippen molar-refractivity contribution >= 4 is 17.6 Å². The number of aliphatic carboxylic acids is 1. The number of carboxylic acids is 1. The van der Waals surface area contributed by atoms with Crippen LogP contribution in [-0.2, 0) is 9.59 Å². The van der Waals surface area contributed by atoms with Gasteiger partial charge >= 0.3 is 5.97 Å². The first kappa shape index (κ1) is 15.3. The molecule has 2 rings (SSSR count). The molecule has 1 aromatic carbocycles. The summed E-state index contributed by atoms with van der Waals surface area (Å²) in [6.07, 6.45) is 0.505. The molecule has 0 unspecified atom stereocenters. The van der Waals surface area contributed by atoms with Crippen molar-refractivity contribution < 1.29 is 14.7 Å². The fraction of sp³-hybridized carbons (Fsp3) is 0.375. The molecule has 0 aromatic heterocycles. The van der Waals surface area contributed by atoms with Crippen LogP contribution < -0.4 is 10.2 Å². The molecule has 0 bridgehead atoms. The van der Waals surface area contributed by atoms with Gasteiger partial charge in [0.2, 0.25) is 0 Å². The van der Waals surface area contributed by atoms with E-state index in [4.69, 9.17) is 5.11 Å². The van der Waals surface area contributed by atoms with Gasteiger partial charge in [-0.3, -0.25) is 9.59 Å². The smallest absolute Gasteiger partial charge is 0.303 e. The molecular weight excluding hydrogens is 268 g/mol. The predicted octanol–water partition coefficient (Wildman–Crippen LogP) is 1.80. The zero-order chi connectivity index (χ0) is 15.2. The summed E-state index contributed by atoms with van der Waals surface area (Å²) in [7, 11) is 0. The molecule has 0 aliphatic carbocycles. The molecule has 0 saturated carbocycles. The van der Waals surface area contributed by atoms with E-state index in [1.54, 1.807) is 4.90 Å². The average molecular weight is 288 g/mol. The molecule has 1 aliphatic heterocycles. The topological polar surface area (TPSA) is 69.6 Å². The molecule has 5 heteroatoms. The van der Waals surface area contributed by atoms with E-state index in [1.807, 2.05) is 37.3 Å². The van der Waals surface area contributed by atoms with E-state index in [0.717, 1.165) is 29.9 Å². The third kappa shape index (κ3) is 3.92. The van der Waals surface area contributed by atoms with Gasteiger partial charge in [0.15, 0.2) is 0 Å². The van der Waals surface area contributed by atoms with E-state index in [2.05, 4.69) is 5.32 Å². The summed E-state index contributed by atoms with van der Waals surface area (Å²) >= 11 is 0. The maximum absolute atomic E-state index is 12.6. The molecule has 0 spiro atoms. The third-order valence-corrected chi connectivity index (χ3v) is 3.61. The second kappa shape index (κ2) is 7.04. The molecule has 112 valence electrons. The monoisotopic (exact) mass is 288 g/mol. The molecule has 1 fully saturated rings. The molecule has 1 aromatic rings. The quantitative estimate of drug-likeness (QED) is 0.783. The van der Waals surface area contributed by atoms with Crippen LogP contribution in [0.1, 0.15) is 19.8 Å². The van der Waals surface area contributed by atoms with Gasteiger partial charge in [0, 0.05) is 37.3 Å². The van der Waals surface area contributed by atoms with Crippen LogP contribution in [0.2, 0.25) is 0 Å². The molecule has 1 amide bonds. The Morgan fingerprint density at radius 2 is 1.90 bits per heavy atom. The van der Waals surface area contributed by atoms with Gasteiger partial charge in [-0.2, -0.15) is 0 Å². The largest absolute Gasteiger partial charge is 0.481 e. The van der Waals surface area contributed by atoms with Crippen LogP contribution in [0.15, 0.2) is 41.5 Å². The molecule has 0 radical (unpaired) electrons. The second-order valence-corrected chi connectivity index (χ2v) is 5.12. The zero-order valence-corrected chi connectivity index (χ0v) is 12.1. The van der Waals surface area contributed by atoms with Gasteiger partial charge in [0.25, 0.3) is 5.91 Å². The number of rotatable bonds is 6. The zero-order valence-electron chi connectivity index (χ0n) is 12.1. The Morgan fingerprint density at radius 1 is 1.24 bits per heavy atom. The lowest BCUT2D eigenvalue weighted by Crippen LogP contribution is -2.39. The van der Waals surface area contributed by atoms with E-state index in [-0.39, 0.29) is 12.3 Å². The number of para-hydroxylation sites is 1. The summed E-state index contributed by atoms with van der Waals surface area (Å²) in [5.74, 6) is -0.878. The van der Waals surface area contributed by atoms with Gasteiger partial charge in [-0.05, 0) is 31.1 Å². The van der Waals surface area contributed by atoms with Gasteiger partial charge in [-0.15, -0.1) is 0 Å². The summed E-state index contributed by atoms with van der Waals surface area (Å²) in [4.78, 5) is 25.0. The SMILES string of the molecule is CC(C(=O)N(CCCC(=O)O)c1ccccc1)=C1CNC1. The molecule has 1 aliphatic rings. The summed E-state index contributed by atoms with van der Waals surface area (Å²) in [5, 5.41) is 11.9. The molecule has 2 N–H and O–H groups in total. The highest BCUT2D eigenvalue weighted by atomic mass is 16.4. The Kier molecular flexibility index (Phi) is 5.11. The van der Waals surface area contributed by atoms with E-state index in [9.17, 15) is 9.59 Å². The van der Waals surface area contributed by atoms with Gasteiger partial charge in [-0.1, -0.05) is 18.2 Å². The van der Waals surface area contributed by atoms with Crippen LogP contribution >= 0.6 is 0 Å². The summed E-state index contributed by atoms with van der Waals surface area (Å²) in [5.41, 5.74) is 2.69. The van der Waals surface area contributed by atoms with E-state index in [0.29, 0.717) is 13.0 Å². The normalized spacial score (nSPS) is 13.5. The molecular formula is C16H20N2O3. The Morgan fingerprint density at radius 3 is 2.43 bits per heavy atom. The first-order chi connectivity index (χ1) is 10.1. The number of amides is 1. The standard InChI is InChI=1S/C16H20N2O3/c1-12(13-10-17-11-13)16(21)18(9-5-8-15(19)20)14-6-3-2-4-7-14/h2-4,6-7,17H,5,8-11H2,1H3,(H,19,20). The summed E-state index contributed by atoms with van der Waals surface area (Å²) < 4.78 is 0. The number of hydrogen-bond donors (Lipinski definition) is 2. The lowest BCUT2D eigenvalue weighted by Gasteiger charge is -2.27. The van der Waals surface area contributed by atoms with Crippen molar-refractivity contribution in [2.75, 3.05) is 24.5 Å². The van der Waals surface area contributed by atoms with Crippen LogP contribution in [0.5, 0.6) is 0 Å². The highest BCUT2D eigenvalue weighted by Gasteiger charge is 2.22. The Bertz CT molecular complexity index is 546. The van der Waals surface area contributed by atoms with Crippen molar-refractivity contribution in [3.63, 3.8) is 0 Å². The van der Waals surface area contributed by atoms with Crippen LogP contribution in [0.3, 0.4) is 0 Å². The third-order valence-electron chi connectivity index (χ3n) is 3.61. The Hall–Kier alpha value is -2.14. The minimum absolute atomic E-state index is 0.0388. The van der Waals surface area contributed by atoms with Crippen molar-refractivity contribution in [3.05, 3.63) is 41.5 Å². The Labute approximate surface area is 124 Å². The predicted molar refractivity (Wildman–Crippen MR) is 81.2 cm³/mol. The summed E-state index contributed by atoms with van der Waals surface area (Å²) in [6.45, 7) is 3.77. The van der Waals surface area contributed by atoms with Gasteiger partial charge in [0.1, 0.15) is 0 Å². The molecule has 21 heavy (non-hydrogen) atoms. The van der Waals surface area contributed by atoms with Crippen molar-refractivity contribution in [2.24, 2.45) is 0 Å². The fourth-order valence-electron chi connectivity index (χ4n) is 2.21. The number of carbonyl (C=O) groups excluding carboxylic acids is 1. The molecule has 5 nitrogen and oxygen atoms in total. The highest BCUT2D eigenvalue weighted by Crippen LogP contribution is 2.19. The lowest BCUT2D eigenvalue weighted by atomic mass is 10.0. The number of benzene rings is 1. The van der Waals surface area contributed by atoms with Crippen LogP contribution in [0.4, 0.5) is 5.69 Å². The average Bonchev–Trinajstić information content (AvgIpc) is 2.41. The number of carboxylic acid groups (broad SMARTS) is 1. The van der Waals surface area contributed by atoms with Crippen molar-refractivity contribution in [2.45, 2.75) is 19.8 Å². The highest BCUT2D eigenvalue weighted by molar-refractivity contribution is 6.05. The summed E-state index contributed by atoms with van der Waals surface area (Å²) in [6, 6.07) is 9.39. The van der Waals surface area contributed by atoms with Crippen molar-refractivity contribution in [3.8, 4) is 0 Å². The van der Waals surface area contributed by atoms with Crippen LogP contribution in [0, 0.1) is 0 Å². The van der Waals surface area contributed by atoms with Gasteiger partial charge in [0.05, 0.1) is 0 Å². The molecule has 0 atom stereocenters. The minimum atomic E-state index is -0.839. The Balaban J connectivity index is 2.15. The van der Waals surface area contributed by atoms with Crippen LogP contribution in [0.25, 0.3) is 0 Å². The minimum Gasteiger partial charge on any atom is -0.481 e. The first-order valence-electron chi connectivity index (χ1n) is 7.07. The number of anilines is 1. The van der Waals surface area contributed by atoms with Gasteiger partial charge < -0.3 is 15.3 Å². The maximum Gasteiger partial charge on any atom is 0.303 e. The maximum atomic E-state index is 12.6. The number of nitrogens with one attached hydrogen (secondary N) is 1. The van der Waals surface area contributed by atoms with Crippen molar-refractivity contribution in [1.82, 2.24) is 5.32 Å². The second-order valence-electron chi connectivity index (χ2n) is 5.12. The lowest BCUT2D eigenvalue weighted by molar-refractivity contribution is -0.137. The number of carbonyl (C=O) groups is 2. The molecule has 1 saturated heterocycles. The van der Waals surface area contributed by atoms with Crippen LogP contribution in [-0.4, -0.2) is 36.6 Å². The van der Waals surface area contributed by atoms with E-state index < -0.39 is 5.97 Å². The van der Waals surface area contributed by atoms with E-state index in [1.165, 1.54) is 0 Å².